The predicted octanol–water partition coefficient (Wildman–Crippen LogP) is 4.02. The van der Waals surface area contributed by atoms with Gasteiger partial charge in [0.05, 0.1) is 18.0 Å². The molecular formula is C19H22ClFN2O2S. The fourth-order valence-electron chi connectivity index (χ4n) is 2.78. The molecule has 4 nitrogen and oxygen atoms in total. The number of fused-ring (bicyclic) bond motifs is 1. The summed E-state index contributed by atoms with van der Waals surface area (Å²) in [5.74, 6) is 0.245. The van der Waals surface area contributed by atoms with Crippen LogP contribution < -0.4 is 15.4 Å². The number of nitrogens with one attached hydrogen (secondary N) is 2. The van der Waals surface area contributed by atoms with Crippen LogP contribution in [-0.4, -0.2) is 24.8 Å². The number of rotatable bonds is 5. The molecule has 1 aliphatic rings. The van der Waals surface area contributed by atoms with E-state index in [1.807, 2.05) is 37.3 Å². The number of hydrogen-bond acceptors (Lipinski definition) is 4. The highest BCUT2D eigenvalue weighted by atomic mass is 35.5. The summed E-state index contributed by atoms with van der Waals surface area (Å²) >= 11 is 1.42. The van der Waals surface area contributed by atoms with Crippen molar-refractivity contribution >= 4 is 35.8 Å². The minimum Gasteiger partial charge on any atom is -0.497 e. The fraction of sp³-hybridized carbons (Fsp3) is 0.316. The summed E-state index contributed by atoms with van der Waals surface area (Å²) in [6.07, 6.45) is 0.640. The highest BCUT2D eigenvalue weighted by molar-refractivity contribution is 8.00. The van der Waals surface area contributed by atoms with Crippen LogP contribution in [0.4, 0.5) is 10.1 Å². The van der Waals surface area contributed by atoms with Gasteiger partial charge in [-0.1, -0.05) is 6.07 Å². The number of hydrogen-bond donors (Lipinski definition) is 2. The van der Waals surface area contributed by atoms with Gasteiger partial charge in [-0.3, -0.25) is 4.79 Å². The molecule has 1 unspecified atom stereocenters. The predicted molar refractivity (Wildman–Crippen MR) is 106 cm³/mol. The molecular weight excluding hydrogens is 375 g/mol. The van der Waals surface area contributed by atoms with Gasteiger partial charge in [0.15, 0.2) is 0 Å². The number of ether oxygens (including phenoxy) is 1. The first kappa shape index (κ1) is 20.6. The summed E-state index contributed by atoms with van der Waals surface area (Å²) in [7, 11) is 1.61. The second-order valence-corrected chi connectivity index (χ2v) is 7.33. The number of methoxy groups -OCH3 is 1. The van der Waals surface area contributed by atoms with E-state index in [0.29, 0.717) is 18.5 Å². The lowest BCUT2D eigenvalue weighted by molar-refractivity contribution is -0.115. The van der Waals surface area contributed by atoms with E-state index in [1.165, 1.54) is 11.8 Å². The molecule has 0 aliphatic carbocycles. The first-order chi connectivity index (χ1) is 12.1. The summed E-state index contributed by atoms with van der Waals surface area (Å²) < 4.78 is 19.7. The summed E-state index contributed by atoms with van der Waals surface area (Å²) in [5.41, 5.74) is 1.92. The quantitative estimate of drug-likeness (QED) is 0.749. The normalized spacial score (nSPS) is 14.0. The second-order valence-electron chi connectivity index (χ2n) is 5.92. The Kier molecular flexibility index (Phi) is 7.32. The van der Waals surface area contributed by atoms with Crippen molar-refractivity contribution < 1.29 is 13.9 Å². The van der Waals surface area contributed by atoms with Gasteiger partial charge < -0.3 is 15.4 Å². The lowest BCUT2D eigenvalue weighted by Crippen LogP contribution is -2.26. The van der Waals surface area contributed by atoms with E-state index in [-0.39, 0.29) is 35.1 Å². The molecule has 26 heavy (non-hydrogen) atoms. The minimum atomic E-state index is -0.342. The van der Waals surface area contributed by atoms with E-state index in [9.17, 15) is 9.18 Å². The van der Waals surface area contributed by atoms with Crippen molar-refractivity contribution in [1.82, 2.24) is 5.32 Å². The SMILES string of the molecule is COc1ccc(SC(C)C(=O)Nc2ccc3c(c2F)CCNC3)cc1.Cl. The van der Waals surface area contributed by atoms with E-state index < -0.39 is 0 Å². The summed E-state index contributed by atoms with van der Waals surface area (Å²) in [4.78, 5) is 13.4. The number of carbonyl (C=O) groups excluding carboxylic acids is 1. The van der Waals surface area contributed by atoms with Crippen LogP contribution in [0.1, 0.15) is 18.1 Å². The lowest BCUT2D eigenvalue weighted by Gasteiger charge is -2.20. The molecule has 2 aromatic rings. The van der Waals surface area contributed by atoms with E-state index in [0.717, 1.165) is 22.8 Å². The van der Waals surface area contributed by atoms with E-state index in [1.54, 1.807) is 13.2 Å². The zero-order chi connectivity index (χ0) is 17.8. The average molecular weight is 397 g/mol. The molecule has 2 N–H and O–H groups in total. The van der Waals surface area contributed by atoms with Crippen molar-refractivity contribution in [2.24, 2.45) is 0 Å². The molecule has 0 saturated heterocycles. The first-order valence-electron chi connectivity index (χ1n) is 8.21. The van der Waals surface area contributed by atoms with Crippen LogP contribution in [0.15, 0.2) is 41.3 Å². The van der Waals surface area contributed by atoms with Crippen molar-refractivity contribution in [3.63, 3.8) is 0 Å². The molecule has 2 aromatic carbocycles. The molecule has 0 radical (unpaired) electrons. The molecule has 1 aliphatic heterocycles. The molecule has 1 amide bonds. The third-order valence-electron chi connectivity index (χ3n) is 4.21. The smallest absolute Gasteiger partial charge is 0.237 e. The number of amides is 1. The summed E-state index contributed by atoms with van der Waals surface area (Å²) in [6.45, 7) is 3.24. The van der Waals surface area contributed by atoms with Crippen molar-refractivity contribution in [3.05, 3.63) is 53.3 Å². The Bertz CT molecular complexity index is 771. The molecule has 3 rings (SSSR count). The lowest BCUT2D eigenvalue weighted by atomic mass is 9.99. The van der Waals surface area contributed by atoms with Crippen LogP contribution in [0.2, 0.25) is 0 Å². The maximum Gasteiger partial charge on any atom is 0.237 e. The number of carbonyl (C=O) groups is 1. The largest absolute Gasteiger partial charge is 0.497 e. The van der Waals surface area contributed by atoms with Crippen LogP contribution in [0, 0.1) is 5.82 Å². The van der Waals surface area contributed by atoms with E-state index in [2.05, 4.69) is 10.6 Å². The summed E-state index contributed by atoms with van der Waals surface area (Å²) in [6, 6.07) is 11.0. The van der Waals surface area contributed by atoms with Crippen molar-refractivity contribution in [2.45, 2.75) is 30.0 Å². The Morgan fingerprint density at radius 1 is 1.27 bits per heavy atom. The molecule has 0 bridgehead atoms. The van der Waals surface area contributed by atoms with Gasteiger partial charge in [-0.2, -0.15) is 0 Å². The van der Waals surface area contributed by atoms with Gasteiger partial charge in [-0.25, -0.2) is 4.39 Å². The van der Waals surface area contributed by atoms with Gasteiger partial charge in [-0.15, -0.1) is 24.2 Å². The molecule has 0 spiro atoms. The van der Waals surface area contributed by atoms with Gasteiger partial charge in [0.2, 0.25) is 5.91 Å². The minimum absolute atomic E-state index is 0. The van der Waals surface area contributed by atoms with Crippen LogP contribution in [0.3, 0.4) is 0 Å². The molecule has 1 heterocycles. The number of anilines is 1. The number of halogens is 2. The molecule has 1 atom stereocenters. The van der Waals surface area contributed by atoms with Crippen molar-refractivity contribution in [3.8, 4) is 5.75 Å². The molecule has 0 aromatic heterocycles. The third-order valence-corrected chi connectivity index (χ3v) is 5.32. The van der Waals surface area contributed by atoms with Crippen LogP contribution in [-0.2, 0) is 17.8 Å². The standard InChI is InChI=1S/C19H21FN2O2S.ClH/c1-12(25-15-6-4-14(24-2)5-7-15)19(23)22-17-8-3-13-11-21-10-9-16(13)18(17)20;/h3-8,12,21H,9-11H2,1-2H3,(H,22,23);1H. The molecule has 140 valence electrons. The van der Waals surface area contributed by atoms with Crippen molar-refractivity contribution in [2.75, 3.05) is 19.0 Å². The topological polar surface area (TPSA) is 50.4 Å². The number of thioether (sulfide) groups is 1. The van der Waals surface area contributed by atoms with Gasteiger partial charge >= 0.3 is 0 Å². The molecule has 7 heteroatoms. The second kappa shape index (κ2) is 9.26. The number of benzene rings is 2. The first-order valence-corrected chi connectivity index (χ1v) is 9.09. The zero-order valence-electron chi connectivity index (χ0n) is 14.7. The Labute approximate surface area is 163 Å². The monoisotopic (exact) mass is 396 g/mol. The Balaban J connectivity index is 0.00000243. The summed E-state index contributed by atoms with van der Waals surface area (Å²) in [5, 5.41) is 5.60. The fourth-order valence-corrected chi connectivity index (χ4v) is 3.64. The van der Waals surface area contributed by atoms with Crippen LogP contribution >= 0.6 is 24.2 Å². The molecule has 0 saturated carbocycles. The average Bonchev–Trinajstić information content (AvgIpc) is 2.64. The van der Waals surface area contributed by atoms with E-state index in [4.69, 9.17) is 4.74 Å². The van der Waals surface area contributed by atoms with Crippen molar-refractivity contribution in [1.29, 1.82) is 0 Å². The maximum atomic E-state index is 14.6. The highest BCUT2D eigenvalue weighted by Crippen LogP contribution is 2.28. The Morgan fingerprint density at radius 2 is 2.00 bits per heavy atom. The van der Waals surface area contributed by atoms with Gasteiger partial charge in [0, 0.05) is 11.4 Å². The molecule has 0 fully saturated rings. The van der Waals surface area contributed by atoms with Crippen LogP contribution in [0.25, 0.3) is 0 Å². The van der Waals surface area contributed by atoms with Gasteiger partial charge in [0.1, 0.15) is 11.6 Å². The maximum absolute atomic E-state index is 14.6. The van der Waals surface area contributed by atoms with Crippen LogP contribution in [0.5, 0.6) is 5.75 Å². The van der Waals surface area contributed by atoms with E-state index >= 15 is 0 Å². The Morgan fingerprint density at radius 3 is 2.69 bits per heavy atom. The highest BCUT2D eigenvalue weighted by Gasteiger charge is 2.20. The zero-order valence-corrected chi connectivity index (χ0v) is 16.3. The van der Waals surface area contributed by atoms with Gasteiger partial charge in [-0.05, 0) is 61.3 Å². The van der Waals surface area contributed by atoms with Gasteiger partial charge in [0.25, 0.3) is 0 Å². The third kappa shape index (κ3) is 4.69. The Hall–Kier alpha value is -1.76.